The molecule has 1 aromatic carbocycles. The molecule has 3 aromatic rings. The fraction of sp³-hybridized carbons (Fsp3) is 0.400. The highest BCUT2D eigenvalue weighted by Crippen LogP contribution is 2.25. The van der Waals surface area contributed by atoms with Gasteiger partial charge in [0.25, 0.3) is 0 Å². The molecule has 1 aliphatic heterocycles. The van der Waals surface area contributed by atoms with E-state index in [2.05, 4.69) is 52.6 Å². The topological polar surface area (TPSA) is 34.0 Å². The van der Waals surface area contributed by atoms with Crippen molar-refractivity contribution in [3.05, 3.63) is 47.8 Å². The van der Waals surface area contributed by atoms with Crippen LogP contribution in [0.25, 0.3) is 22.4 Å². The van der Waals surface area contributed by atoms with Crippen molar-refractivity contribution in [2.75, 3.05) is 13.1 Å². The van der Waals surface area contributed by atoms with E-state index in [1.54, 1.807) is 0 Å². The first-order valence-electron chi connectivity index (χ1n) is 8.89. The average molecular weight is 320 g/mol. The van der Waals surface area contributed by atoms with Crippen LogP contribution in [0.1, 0.15) is 30.9 Å². The van der Waals surface area contributed by atoms with Gasteiger partial charge < -0.3 is 4.57 Å². The first-order chi connectivity index (χ1) is 11.7. The summed E-state index contributed by atoms with van der Waals surface area (Å²) >= 11 is 0. The number of aryl methyl sites for hydroxylation is 2. The number of rotatable bonds is 4. The Balaban J connectivity index is 1.71. The minimum absolute atomic E-state index is 0.906. The Bertz CT molecular complexity index is 859. The highest BCUT2D eigenvalue weighted by Gasteiger charge is 2.13. The zero-order chi connectivity index (χ0) is 16.5. The first-order valence-corrected chi connectivity index (χ1v) is 8.89. The van der Waals surface area contributed by atoms with Crippen LogP contribution in [0.15, 0.2) is 36.7 Å². The number of aromatic nitrogens is 3. The third-order valence-corrected chi connectivity index (χ3v) is 4.97. The molecule has 0 radical (unpaired) electrons. The number of hydrogen-bond donors (Lipinski definition) is 0. The van der Waals surface area contributed by atoms with Crippen molar-refractivity contribution in [1.29, 1.82) is 0 Å². The van der Waals surface area contributed by atoms with E-state index in [4.69, 9.17) is 4.98 Å². The van der Waals surface area contributed by atoms with Crippen LogP contribution in [0, 0.1) is 6.92 Å². The van der Waals surface area contributed by atoms with Crippen LogP contribution in [0.5, 0.6) is 0 Å². The van der Waals surface area contributed by atoms with E-state index in [9.17, 15) is 0 Å². The molecule has 1 saturated heterocycles. The number of nitrogens with zero attached hydrogens (tertiary/aromatic N) is 4. The van der Waals surface area contributed by atoms with Gasteiger partial charge in [0.2, 0.25) is 0 Å². The standard InChI is InChI=1S/C20H24N4/c1-3-24-11-8-21-20(24)19-12-15(2)17-13-16(6-7-18(17)22-19)14-23-9-4-5-10-23/h6-8,11-13H,3-5,9-10,14H2,1-2H3. The third-order valence-electron chi connectivity index (χ3n) is 4.97. The van der Waals surface area contributed by atoms with Crippen molar-refractivity contribution in [3.8, 4) is 11.5 Å². The summed E-state index contributed by atoms with van der Waals surface area (Å²) in [6.07, 6.45) is 6.53. The molecule has 2 aromatic heterocycles. The average Bonchev–Trinajstić information content (AvgIpc) is 3.26. The summed E-state index contributed by atoms with van der Waals surface area (Å²) in [4.78, 5) is 11.9. The molecule has 0 aliphatic carbocycles. The van der Waals surface area contributed by atoms with Crippen LogP contribution in [-0.4, -0.2) is 32.5 Å². The Morgan fingerprint density at radius 1 is 1.12 bits per heavy atom. The number of fused-ring (bicyclic) bond motifs is 1. The van der Waals surface area contributed by atoms with Crippen LogP contribution >= 0.6 is 0 Å². The van der Waals surface area contributed by atoms with Crippen molar-refractivity contribution < 1.29 is 0 Å². The molecule has 1 fully saturated rings. The Kier molecular flexibility index (Phi) is 4.07. The molecule has 4 heteroatoms. The van der Waals surface area contributed by atoms with E-state index in [-0.39, 0.29) is 0 Å². The maximum atomic E-state index is 4.86. The van der Waals surface area contributed by atoms with E-state index in [0.717, 1.165) is 30.1 Å². The smallest absolute Gasteiger partial charge is 0.158 e. The lowest BCUT2D eigenvalue weighted by atomic mass is 10.1. The molecule has 4 rings (SSSR count). The second-order valence-corrected chi connectivity index (χ2v) is 6.70. The highest BCUT2D eigenvalue weighted by atomic mass is 15.1. The Morgan fingerprint density at radius 3 is 2.75 bits per heavy atom. The predicted molar refractivity (Wildman–Crippen MR) is 97.9 cm³/mol. The monoisotopic (exact) mass is 320 g/mol. The van der Waals surface area contributed by atoms with Crippen molar-refractivity contribution in [3.63, 3.8) is 0 Å². The van der Waals surface area contributed by atoms with Crippen LogP contribution in [0.4, 0.5) is 0 Å². The van der Waals surface area contributed by atoms with Crippen molar-refractivity contribution in [2.24, 2.45) is 0 Å². The third kappa shape index (κ3) is 2.82. The van der Waals surface area contributed by atoms with E-state index in [1.165, 1.54) is 42.4 Å². The maximum absolute atomic E-state index is 4.86. The van der Waals surface area contributed by atoms with Gasteiger partial charge in [-0.05, 0) is 69.1 Å². The molecule has 0 atom stereocenters. The van der Waals surface area contributed by atoms with Crippen molar-refractivity contribution in [1.82, 2.24) is 19.4 Å². The second kappa shape index (κ2) is 6.36. The molecular weight excluding hydrogens is 296 g/mol. The van der Waals surface area contributed by atoms with E-state index >= 15 is 0 Å². The largest absolute Gasteiger partial charge is 0.330 e. The highest BCUT2D eigenvalue weighted by molar-refractivity contribution is 5.85. The van der Waals surface area contributed by atoms with Crippen molar-refractivity contribution in [2.45, 2.75) is 39.8 Å². The Hall–Kier alpha value is -2.20. The molecule has 4 nitrogen and oxygen atoms in total. The van der Waals surface area contributed by atoms with E-state index < -0.39 is 0 Å². The van der Waals surface area contributed by atoms with Gasteiger partial charge in [0.15, 0.2) is 5.82 Å². The molecule has 0 unspecified atom stereocenters. The summed E-state index contributed by atoms with van der Waals surface area (Å²) in [5, 5.41) is 1.25. The molecule has 0 saturated carbocycles. The molecule has 1 aliphatic rings. The molecule has 0 N–H and O–H groups in total. The first kappa shape index (κ1) is 15.3. The van der Waals surface area contributed by atoms with E-state index in [1.807, 2.05) is 12.4 Å². The minimum Gasteiger partial charge on any atom is -0.330 e. The molecular formula is C20H24N4. The summed E-state index contributed by atoms with van der Waals surface area (Å²) < 4.78 is 2.13. The molecule has 0 bridgehead atoms. The van der Waals surface area contributed by atoms with Crippen molar-refractivity contribution >= 4 is 10.9 Å². The van der Waals surface area contributed by atoms with Gasteiger partial charge in [-0.1, -0.05) is 6.07 Å². The Labute approximate surface area is 143 Å². The zero-order valence-electron chi connectivity index (χ0n) is 14.5. The normalized spacial score (nSPS) is 15.4. The number of benzene rings is 1. The second-order valence-electron chi connectivity index (χ2n) is 6.70. The number of pyridine rings is 1. The van der Waals surface area contributed by atoms with Gasteiger partial charge in [0, 0.05) is 30.9 Å². The van der Waals surface area contributed by atoms with Gasteiger partial charge in [0.1, 0.15) is 5.69 Å². The molecule has 124 valence electrons. The Morgan fingerprint density at radius 2 is 1.96 bits per heavy atom. The van der Waals surface area contributed by atoms with Crippen LogP contribution in [-0.2, 0) is 13.1 Å². The summed E-state index contributed by atoms with van der Waals surface area (Å²) in [7, 11) is 0. The quantitative estimate of drug-likeness (QED) is 0.728. The summed E-state index contributed by atoms with van der Waals surface area (Å²) in [5.41, 5.74) is 4.67. The fourth-order valence-electron chi connectivity index (χ4n) is 3.65. The van der Waals surface area contributed by atoms with E-state index in [0.29, 0.717) is 0 Å². The van der Waals surface area contributed by atoms with Gasteiger partial charge in [0.05, 0.1) is 5.52 Å². The predicted octanol–water partition coefficient (Wildman–Crippen LogP) is 4.02. The number of likely N-dealkylation sites (tertiary alicyclic amines) is 1. The van der Waals surface area contributed by atoms with Gasteiger partial charge in [-0.3, -0.25) is 4.90 Å². The summed E-state index contributed by atoms with van der Waals surface area (Å²) in [6, 6.07) is 8.86. The van der Waals surface area contributed by atoms with Crippen LogP contribution in [0.3, 0.4) is 0 Å². The number of hydrogen-bond acceptors (Lipinski definition) is 3. The van der Waals surface area contributed by atoms with Gasteiger partial charge in [-0.15, -0.1) is 0 Å². The molecule has 0 amide bonds. The maximum Gasteiger partial charge on any atom is 0.158 e. The molecule has 3 heterocycles. The van der Waals surface area contributed by atoms with Crippen LogP contribution < -0.4 is 0 Å². The lowest BCUT2D eigenvalue weighted by molar-refractivity contribution is 0.331. The van der Waals surface area contributed by atoms with Gasteiger partial charge >= 0.3 is 0 Å². The van der Waals surface area contributed by atoms with Gasteiger partial charge in [-0.25, -0.2) is 9.97 Å². The SMILES string of the molecule is CCn1ccnc1-c1cc(C)c2cc(CN3CCCC3)ccc2n1. The lowest BCUT2D eigenvalue weighted by Crippen LogP contribution is -2.18. The minimum atomic E-state index is 0.906. The summed E-state index contributed by atoms with van der Waals surface area (Å²) in [5.74, 6) is 0.948. The molecule has 24 heavy (non-hydrogen) atoms. The number of imidazole rings is 1. The van der Waals surface area contributed by atoms with Crippen LogP contribution in [0.2, 0.25) is 0 Å². The lowest BCUT2D eigenvalue weighted by Gasteiger charge is -2.15. The summed E-state index contributed by atoms with van der Waals surface area (Å²) in [6.45, 7) is 8.72. The molecule has 0 spiro atoms. The zero-order valence-corrected chi connectivity index (χ0v) is 14.5. The fourth-order valence-corrected chi connectivity index (χ4v) is 3.65. The van der Waals surface area contributed by atoms with Gasteiger partial charge in [-0.2, -0.15) is 0 Å².